The summed E-state index contributed by atoms with van der Waals surface area (Å²) < 4.78 is 0. The third kappa shape index (κ3) is 9.14. The van der Waals surface area contributed by atoms with Crippen LogP contribution in [0.4, 0.5) is 0 Å². The summed E-state index contributed by atoms with van der Waals surface area (Å²) in [5.74, 6) is 4.10. The zero-order chi connectivity index (χ0) is 19.2. The van der Waals surface area contributed by atoms with Crippen LogP contribution >= 0.6 is 0 Å². The van der Waals surface area contributed by atoms with Gasteiger partial charge in [0.25, 0.3) is 0 Å². The van der Waals surface area contributed by atoms with Gasteiger partial charge in [-0.2, -0.15) is 5.26 Å². The Hall–Kier alpha value is -1.03. The summed E-state index contributed by atoms with van der Waals surface area (Å²) in [6, 6.07) is 2.03. The fourth-order valence-corrected chi connectivity index (χ4v) is 5.54. The molecular formula is C26H43N. The van der Waals surface area contributed by atoms with Crippen LogP contribution in [0.15, 0.2) is 24.3 Å². The van der Waals surface area contributed by atoms with E-state index in [0.717, 1.165) is 23.7 Å². The molecule has 0 radical (unpaired) electrons. The first kappa shape index (κ1) is 22.3. The second kappa shape index (κ2) is 14.0. The molecule has 0 spiro atoms. The Morgan fingerprint density at radius 2 is 1.33 bits per heavy atom. The van der Waals surface area contributed by atoms with Crippen LogP contribution in [-0.2, 0) is 0 Å². The van der Waals surface area contributed by atoms with Crippen molar-refractivity contribution in [3.8, 4) is 6.07 Å². The molecule has 152 valence electrons. The van der Waals surface area contributed by atoms with Crippen molar-refractivity contribution in [1.29, 1.82) is 5.26 Å². The van der Waals surface area contributed by atoms with Gasteiger partial charge in [-0.25, -0.2) is 0 Å². The van der Waals surface area contributed by atoms with Crippen molar-refractivity contribution < 1.29 is 0 Å². The van der Waals surface area contributed by atoms with Crippen molar-refractivity contribution in [3.63, 3.8) is 0 Å². The summed E-state index contributed by atoms with van der Waals surface area (Å²) >= 11 is 0. The molecule has 0 aliphatic heterocycles. The van der Waals surface area contributed by atoms with Crippen molar-refractivity contribution in [2.24, 2.45) is 23.7 Å². The average molecular weight is 370 g/mol. The molecular weight excluding hydrogens is 326 g/mol. The van der Waals surface area contributed by atoms with Crippen molar-refractivity contribution >= 4 is 0 Å². The Kier molecular flexibility index (Phi) is 11.6. The van der Waals surface area contributed by atoms with Crippen LogP contribution in [0.5, 0.6) is 0 Å². The highest BCUT2D eigenvalue weighted by molar-refractivity contribution is 5.11. The van der Waals surface area contributed by atoms with Crippen molar-refractivity contribution in [3.05, 3.63) is 24.3 Å². The van der Waals surface area contributed by atoms with E-state index in [-0.39, 0.29) is 0 Å². The molecule has 2 aliphatic rings. The fourth-order valence-electron chi connectivity index (χ4n) is 5.54. The minimum atomic E-state index is 0.949. The normalized spacial score (nSPS) is 29.3. The quantitative estimate of drug-likeness (QED) is 0.204. The van der Waals surface area contributed by atoms with E-state index < -0.39 is 0 Å². The van der Waals surface area contributed by atoms with Gasteiger partial charge in [-0.15, -0.1) is 0 Å². The molecule has 0 atom stereocenters. The second-order valence-electron chi connectivity index (χ2n) is 9.26. The summed E-state index contributed by atoms with van der Waals surface area (Å²) in [7, 11) is 0. The SMILES string of the molecule is CCCCCCCC1CCC(C2CCC(CC/C=C/C=C/C#N)CC2)CC1. The maximum Gasteiger partial charge on any atom is 0.0912 e. The van der Waals surface area contributed by atoms with Crippen LogP contribution in [-0.4, -0.2) is 0 Å². The van der Waals surface area contributed by atoms with Gasteiger partial charge in [0.05, 0.1) is 6.07 Å². The number of nitriles is 1. The van der Waals surface area contributed by atoms with Gasteiger partial charge >= 0.3 is 0 Å². The summed E-state index contributed by atoms with van der Waals surface area (Å²) in [5, 5.41) is 8.47. The highest BCUT2D eigenvalue weighted by Gasteiger charge is 2.30. The number of nitrogens with zero attached hydrogens (tertiary/aromatic N) is 1. The predicted octanol–water partition coefficient (Wildman–Crippen LogP) is 8.38. The van der Waals surface area contributed by atoms with Crippen molar-refractivity contribution in [1.82, 2.24) is 0 Å². The van der Waals surface area contributed by atoms with Crippen LogP contribution in [0.1, 0.15) is 110 Å². The van der Waals surface area contributed by atoms with Crippen LogP contribution < -0.4 is 0 Å². The number of rotatable bonds is 11. The molecule has 1 heteroatoms. The Labute approximate surface area is 169 Å². The number of unbranched alkanes of at least 4 members (excludes halogenated alkanes) is 4. The van der Waals surface area contributed by atoms with E-state index in [1.165, 1.54) is 103 Å². The summed E-state index contributed by atoms with van der Waals surface area (Å²) in [6.45, 7) is 2.31. The molecule has 0 N–H and O–H groups in total. The van der Waals surface area contributed by atoms with E-state index in [4.69, 9.17) is 5.26 Å². The Bertz CT molecular complexity index is 453. The number of hydrogen-bond donors (Lipinski definition) is 0. The van der Waals surface area contributed by atoms with Crippen LogP contribution in [0.25, 0.3) is 0 Å². The predicted molar refractivity (Wildman–Crippen MR) is 117 cm³/mol. The minimum absolute atomic E-state index is 0.949. The summed E-state index contributed by atoms with van der Waals surface area (Å²) in [4.78, 5) is 0. The highest BCUT2D eigenvalue weighted by atomic mass is 14.4. The Balaban J connectivity index is 1.53. The molecule has 0 aromatic heterocycles. The van der Waals surface area contributed by atoms with Crippen molar-refractivity contribution in [2.45, 2.75) is 110 Å². The van der Waals surface area contributed by atoms with E-state index in [1.54, 1.807) is 6.08 Å². The van der Waals surface area contributed by atoms with Crippen LogP contribution in [0.3, 0.4) is 0 Å². The van der Waals surface area contributed by atoms with Gasteiger partial charge in [0, 0.05) is 6.08 Å². The number of hydrogen-bond acceptors (Lipinski definition) is 1. The summed E-state index contributed by atoms with van der Waals surface area (Å²) in [5.41, 5.74) is 0. The second-order valence-corrected chi connectivity index (χ2v) is 9.26. The monoisotopic (exact) mass is 369 g/mol. The standard InChI is InChI=1S/C26H43N/c1-2-3-4-6-9-12-23-14-18-25(19-15-23)26-20-16-24(17-21-26)13-10-7-5-8-11-22-27/h5,7-8,11,23-26H,2-4,6,9-10,12-21H2,1H3/b7-5+,11-8+. The molecule has 27 heavy (non-hydrogen) atoms. The first-order valence-electron chi connectivity index (χ1n) is 12.0. The van der Waals surface area contributed by atoms with Gasteiger partial charge in [0.1, 0.15) is 0 Å². The fraction of sp³-hybridized carbons (Fsp3) is 0.808. The molecule has 0 heterocycles. The van der Waals surface area contributed by atoms with Gasteiger partial charge < -0.3 is 0 Å². The van der Waals surface area contributed by atoms with E-state index in [1.807, 2.05) is 18.2 Å². The lowest BCUT2D eigenvalue weighted by Crippen LogP contribution is -2.25. The molecule has 2 saturated carbocycles. The molecule has 2 fully saturated rings. The molecule has 1 nitrogen and oxygen atoms in total. The van der Waals surface area contributed by atoms with Crippen LogP contribution in [0, 0.1) is 35.0 Å². The lowest BCUT2D eigenvalue weighted by molar-refractivity contribution is 0.140. The van der Waals surface area contributed by atoms with Gasteiger partial charge in [-0.05, 0) is 62.2 Å². The molecule has 0 aromatic rings. The molecule has 2 rings (SSSR count). The smallest absolute Gasteiger partial charge is 0.0912 e. The van der Waals surface area contributed by atoms with Gasteiger partial charge in [0.2, 0.25) is 0 Å². The molecule has 0 saturated heterocycles. The largest absolute Gasteiger partial charge is 0.193 e. The van der Waals surface area contributed by atoms with E-state index in [9.17, 15) is 0 Å². The lowest BCUT2D eigenvalue weighted by atomic mass is 9.68. The Morgan fingerprint density at radius 3 is 1.93 bits per heavy atom. The maximum atomic E-state index is 8.47. The first-order valence-corrected chi connectivity index (χ1v) is 12.0. The maximum absolute atomic E-state index is 8.47. The highest BCUT2D eigenvalue weighted by Crippen LogP contribution is 2.43. The molecule has 0 amide bonds. The molecule has 0 aromatic carbocycles. The molecule has 2 aliphatic carbocycles. The average Bonchev–Trinajstić information content (AvgIpc) is 2.71. The Morgan fingerprint density at radius 1 is 0.741 bits per heavy atom. The summed E-state index contributed by atoms with van der Waals surface area (Å²) in [6.07, 6.45) is 30.9. The lowest BCUT2D eigenvalue weighted by Gasteiger charge is -2.38. The van der Waals surface area contributed by atoms with E-state index in [0.29, 0.717) is 0 Å². The van der Waals surface area contributed by atoms with Gasteiger partial charge in [-0.3, -0.25) is 0 Å². The van der Waals surface area contributed by atoms with Crippen LogP contribution in [0.2, 0.25) is 0 Å². The zero-order valence-electron chi connectivity index (χ0n) is 17.9. The third-order valence-corrected chi connectivity index (χ3v) is 7.32. The zero-order valence-corrected chi connectivity index (χ0v) is 17.9. The topological polar surface area (TPSA) is 23.8 Å². The third-order valence-electron chi connectivity index (χ3n) is 7.32. The van der Waals surface area contributed by atoms with E-state index in [2.05, 4.69) is 13.0 Å². The number of allylic oxidation sites excluding steroid dienone is 4. The van der Waals surface area contributed by atoms with E-state index >= 15 is 0 Å². The van der Waals surface area contributed by atoms with Gasteiger partial charge in [-0.1, -0.05) is 89.4 Å². The van der Waals surface area contributed by atoms with Gasteiger partial charge in [0.15, 0.2) is 0 Å². The first-order chi connectivity index (χ1) is 13.3. The molecule has 0 bridgehead atoms. The minimum Gasteiger partial charge on any atom is -0.193 e. The van der Waals surface area contributed by atoms with Crippen molar-refractivity contribution in [2.75, 3.05) is 0 Å². The molecule has 0 unspecified atom stereocenters.